The average molecular weight is 827 g/mol. The highest BCUT2D eigenvalue weighted by Crippen LogP contribution is 2.42. The molecule has 6 aromatic carbocycles. The van der Waals surface area contributed by atoms with Gasteiger partial charge in [0.2, 0.25) is 0 Å². The molecule has 0 bridgehead atoms. The monoisotopic (exact) mass is 826 g/mol. The number of rotatable bonds is 8. The molecule has 0 unspecified atom stereocenters. The van der Waals surface area contributed by atoms with Gasteiger partial charge in [-0.1, -0.05) is 78.9 Å². The maximum Gasteiger partial charge on any atom is 0.295 e. The predicted molar refractivity (Wildman–Crippen MR) is 210 cm³/mol. The molecule has 13 heteroatoms. The van der Waals surface area contributed by atoms with Crippen LogP contribution in [0.2, 0.25) is 0 Å². The maximum absolute atomic E-state index is 12.8. The fraction of sp³-hybridized carbons (Fsp3) is 0. The highest BCUT2D eigenvalue weighted by atomic mass is 127. The van der Waals surface area contributed by atoms with E-state index in [1.165, 1.54) is 24.3 Å². The number of halogens is 1. The summed E-state index contributed by atoms with van der Waals surface area (Å²) in [4.78, 5) is 9.40. The first-order valence-corrected chi connectivity index (χ1v) is 19.4. The van der Waals surface area contributed by atoms with Crippen molar-refractivity contribution in [3.05, 3.63) is 154 Å². The van der Waals surface area contributed by atoms with Crippen LogP contribution in [0.5, 0.6) is 0 Å². The summed E-state index contributed by atoms with van der Waals surface area (Å²) in [7, 11) is -9.42. The number of hydrogen-bond acceptors (Lipinski definition) is 8. The van der Waals surface area contributed by atoms with Crippen LogP contribution in [-0.4, -0.2) is 37.4 Å². The number of nitrogens with zero attached hydrogens (tertiary/aromatic N) is 2. The standard InChI is InChI=1S/C38H27IN4O6S2/c39-29-22-30(40-24-12-4-1-5-13-24)35-27(18-10-20-33(35)50(44,45)46)37(29)43-38-28-19-11-21-34(51(47,48)49)36(28)31(41-25-14-6-2-7-15-25)23-32(38)42-26-16-8-3-9-17-26/h1-23,40-41H,(H,44,45,46)(H,47,48,49). The summed E-state index contributed by atoms with van der Waals surface area (Å²) in [6.45, 7) is 0. The lowest BCUT2D eigenvalue weighted by Crippen LogP contribution is -2.24. The van der Waals surface area contributed by atoms with Crippen molar-refractivity contribution in [2.75, 3.05) is 10.6 Å². The highest BCUT2D eigenvalue weighted by molar-refractivity contribution is 14.1. The quantitative estimate of drug-likeness (QED) is 0.0875. The van der Waals surface area contributed by atoms with E-state index in [-0.39, 0.29) is 26.5 Å². The Labute approximate surface area is 308 Å². The number of para-hydroxylation sites is 3. The molecule has 0 saturated carbocycles. The van der Waals surface area contributed by atoms with E-state index in [0.29, 0.717) is 54.4 Å². The zero-order chi connectivity index (χ0) is 35.8. The summed E-state index contributed by atoms with van der Waals surface area (Å²) >= 11 is 2.11. The number of benzene rings is 6. The van der Waals surface area contributed by atoms with Gasteiger partial charge >= 0.3 is 0 Å². The second-order valence-electron chi connectivity index (χ2n) is 11.4. The third-order valence-corrected chi connectivity index (χ3v) is 10.6. The van der Waals surface area contributed by atoms with Crippen LogP contribution in [0.3, 0.4) is 0 Å². The smallest absolute Gasteiger partial charge is 0.295 e. The zero-order valence-electron chi connectivity index (χ0n) is 26.4. The molecule has 0 aliphatic heterocycles. The first-order valence-electron chi connectivity index (χ1n) is 15.4. The lowest BCUT2D eigenvalue weighted by molar-refractivity contribution is 0.481. The van der Waals surface area contributed by atoms with E-state index in [0.717, 1.165) is 0 Å². The van der Waals surface area contributed by atoms with Crippen LogP contribution in [0, 0.1) is 3.57 Å². The Morgan fingerprint density at radius 1 is 0.608 bits per heavy atom. The molecular formula is C38H27IN4O6S2. The minimum Gasteiger partial charge on any atom is -0.355 e. The molecule has 6 aromatic rings. The SMILES string of the molecule is O=S(=O)(O)c1cccc2c1C(Nc1ccccc1)=CC(=Nc1ccccc1)C2=Nc1c(I)cc(Nc2ccccc2)c2c(S(=O)(=O)O)cccc12. The van der Waals surface area contributed by atoms with E-state index in [1.807, 2.05) is 91.0 Å². The second-order valence-corrected chi connectivity index (χ2v) is 15.3. The zero-order valence-corrected chi connectivity index (χ0v) is 30.2. The van der Waals surface area contributed by atoms with Gasteiger partial charge in [-0.15, -0.1) is 0 Å². The molecule has 0 atom stereocenters. The van der Waals surface area contributed by atoms with Crippen molar-refractivity contribution in [2.45, 2.75) is 9.79 Å². The van der Waals surface area contributed by atoms with Gasteiger partial charge in [-0.3, -0.25) is 9.11 Å². The Bertz CT molecular complexity index is 2630. The van der Waals surface area contributed by atoms with E-state index < -0.39 is 20.2 Å². The van der Waals surface area contributed by atoms with E-state index in [9.17, 15) is 25.9 Å². The largest absolute Gasteiger partial charge is 0.355 e. The fourth-order valence-corrected chi connectivity index (χ4v) is 8.05. The van der Waals surface area contributed by atoms with Crippen molar-refractivity contribution in [1.82, 2.24) is 0 Å². The topological polar surface area (TPSA) is 158 Å². The molecule has 10 nitrogen and oxygen atoms in total. The van der Waals surface area contributed by atoms with E-state index in [2.05, 4.69) is 33.2 Å². The van der Waals surface area contributed by atoms with Crippen LogP contribution >= 0.6 is 22.6 Å². The molecule has 4 N–H and O–H groups in total. The van der Waals surface area contributed by atoms with Gasteiger partial charge in [0.25, 0.3) is 20.2 Å². The molecule has 7 rings (SSSR count). The summed E-state index contributed by atoms with van der Waals surface area (Å²) < 4.78 is 72.5. The predicted octanol–water partition coefficient (Wildman–Crippen LogP) is 9.04. The Balaban J connectivity index is 1.55. The van der Waals surface area contributed by atoms with Gasteiger partial charge in [0.15, 0.2) is 0 Å². The minimum absolute atomic E-state index is 0.176. The average Bonchev–Trinajstić information content (AvgIpc) is 3.11. The van der Waals surface area contributed by atoms with Crippen LogP contribution in [0.4, 0.5) is 28.4 Å². The molecule has 51 heavy (non-hydrogen) atoms. The van der Waals surface area contributed by atoms with Crippen molar-refractivity contribution in [3.63, 3.8) is 0 Å². The molecule has 1 aliphatic carbocycles. The van der Waals surface area contributed by atoms with Gasteiger partial charge in [0.1, 0.15) is 9.79 Å². The summed E-state index contributed by atoms with van der Waals surface area (Å²) in [5, 5.41) is 7.17. The number of nitrogens with one attached hydrogen (secondary N) is 2. The summed E-state index contributed by atoms with van der Waals surface area (Å²) in [5.74, 6) is 0. The fourth-order valence-electron chi connectivity index (χ4n) is 5.87. The van der Waals surface area contributed by atoms with Crippen molar-refractivity contribution in [3.8, 4) is 0 Å². The van der Waals surface area contributed by atoms with E-state index >= 15 is 0 Å². The van der Waals surface area contributed by atoms with Gasteiger partial charge < -0.3 is 10.6 Å². The molecule has 1 aliphatic rings. The van der Waals surface area contributed by atoms with Gasteiger partial charge in [-0.25, -0.2) is 9.98 Å². The van der Waals surface area contributed by atoms with Gasteiger partial charge in [0.05, 0.1) is 28.5 Å². The Hall–Kier alpha value is -5.19. The normalized spacial score (nSPS) is 14.7. The molecular weight excluding hydrogens is 799 g/mol. The van der Waals surface area contributed by atoms with E-state index in [1.54, 1.807) is 24.3 Å². The van der Waals surface area contributed by atoms with E-state index in [4.69, 9.17) is 9.98 Å². The van der Waals surface area contributed by atoms with Crippen LogP contribution in [0.15, 0.2) is 159 Å². The summed E-state index contributed by atoms with van der Waals surface area (Å²) in [6.07, 6.45) is 1.67. The van der Waals surface area contributed by atoms with Crippen LogP contribution in [-0.2, 0) is 20.2 Å². The first-order chi connectivity index (χ1) is 24.5. The summed E-state index contributed by atoms with van der Waals surface area (Å²) in [5.41, 5.74) is 4.23. The Morgan fingerprint density at radius 2 is 1.18 bits per heavy atom. The Kier molecular flexibility index (Phi) is 9.30. The van der Waals surface area contributed by atoms with Crippen molar-refractivity contribution in [1.29, 1.82) is 0 Å². The van der Waals surface area contributed by atoms with Gasteiger partial charge in [-0.2, -0.15) is 16.8 Å². The number of anilines is 3. The number of hydrogen-bond donors (Lipinski definition) is 4. The number of allylic oxidation sites excluding steroid dienone is 1. The molecule has 0 heterocycles. The van der Waals surface area contributed by atoms with Crippen molar-refractivity contribution >= 4 is 99.2 Å². The first kappa shape index (κ1) is 34.3. The van der Waals surface area contributed by atoms with Gasteiger partial charge in [0, 0.05) is 42.5 Å². The molecule has 0 spiro atoms. The van der Waals surface area contributed by atoms with Crippen LogP contribution in [0.1, 0.15) is 11.1 Å². The van der Waals surface area contributed by atoms with Crippen LogP contribution < -0.4 is 10.6 Å². The molecule has 254 valence electrons. The molecule has 0 aromatic heterocycles. The van der Waals surface area contributed by atoms with Crippen molar-refractivity contribution < 1.29 is 25.9 Å². The minimum atomic E-state index is -4.72. The summed E-state index contributed by atoms with van der Waals surface area (Å²) in [6, 6.07) is 38.3. The Morgan fingerprint density at radius 3 is 1.80 bits per heavy atom. The maximum atomic E-state index is 12.8. The molecule has 0 saturated heterocycles. The molecule has 0 radical (unpaired) electrons. The third-order valence-electron chi connectivity index (χ3n) is 8.01. The van der Waals surface area contributed by atoms with Crippen LogP contribution in [0.25, 0.3) is 16.5 Å². The van der Waals surface area contributed by atoms with Gasteiger partial charge in [-0.05, 0) is 83.3 Å². The number of fused-ring (bicyclic) bond motifs is 2. The number of aliphatic imine (C=N–C) groups is 2. The lowest BCUT2D eigenvalue weighted by Gasteiger charge is -2.24. The molecule has 0 amide bonds. The lowest BCUT2D eigenvalue weighted by atomic mass is 9.90. The highest BCUT2D eigenvalue weighted by Gasteiger charge is 2.30. The second kappa shape index (κ2) is 13.8. The van der Waals surface area contributed by atoms with Crippen molar-refractivity contribution in [2.24, 2.45) is 9.98 Å². The third kappa shape index (κ3) is 7.20. The molecule has 0 fully saturated rings.